The number of rotatable bonds is 7. The van der Waals surface area contributed by atoms with Crippen molar-refractivity contribution in [3.63, 3.8) is 0 Å². The van der Waals surface area contributed by atoms with Gasteiger partial charge in [0.05, 0.1) is 11.2 Å². The van der Waals surface area contributed by atoms with Gasteiger partial charge in [-0.05, 0) is 55.3 Å². The molecule has 2 aromatic carbocycles. The Bertz CT molecular complexity index is 1050. The molecule has 1 heterocycles. The Hall–Kier alpha value is -3.58. The average molecular weight is 437 g/mol. The van der Waals surface area contributed by atoms with E-state index in [-0.39, 0.29) is 11.5 Å². The number of amides is 1. The number of aliphatic hydroxyl groups is 1. The van der Waals surface area contributed by atoms with E-state index in [0.29, 0.717) is 17.9 Å². The predicted octanol–water partition coefficient (Wildman–Crippen LogP) is 3.36. The lowest BCUT2D eigenvalue weighted by molar-refractivity contribution is -0.134. The summed E-state index contributed by atoms with van der Waals surface area (Å²) in [7, 11) is 3.33. The summed E-state index contributed by atoms with van der Waals surface area (Å²) in [6.07, 6.45) is 4.07. The van der Waals surface area contributed by atoms with Crippen LogP contribution >= 0.6 is 0 Å². The van der Waals surface area contributed by atoms with Gasteiger partial charge in [-0.1, -0.05) is 30.3 Å². The molecule has 1 amide bonds. The number of hydrogen-bond donors (Lipinski definition) is 2. The van der Waals surface area contributed by atoms with Crippen molar-refractivity contribution in [1.29, 1.82) is 0 Å². The van der Waals surface area contributed by atoms with E-state index in [1.54, 1.807) is 69.4 Å². The van der Waals surface area contributed by atoms with E-state index in [2.05, 4.69) is 0 Å². The maximum atomic E-state index is 12.3. The maximum absolute atomic E-state index is 12.3. The Morgan fingerprint density at radius 2 is 1.81 bits per heavy atom. The van der Waals surface area contributed by atoms with Gasteiger partial charge in [0.2, 0.25) is 6.23 Å². The third-order valence-corrected chi connectivity index (χ3v) is 5.13. The lowest BCUT2D eigenvalue weighted by atomic mass is 9.97. The number of ether oxygens (including phenoxy) is 1. The number of carboxylic acids is 1. The van der Waals surface area contributed by atoms with Crippen LogP contribution in [-0.4, -0.2) is 52.2 Å². The first kappa shape index (κ1) is 23.1. The standard InChI is InChI=1S/C25H28N2O5/c1-25(2,31)19-12-10-17(11-13-19)16-27-14-6-9-21(24(29)30)23(27)32-20-8-5-7-18(15-20)22(28)26(3)4/h5-15,23,31H,16H2,1-4H3,(H,29,30). The van der Waals surface area contributed by atoms with Gasteiger partial charge in [0.1, 0.15) is 5.75 Å². The predicted molar refractivity (Wildman–Crippen MR) is 121 cm³/mol. The van der Waals surface area contributed by atoms with Crippen LogP contribution < -0.4 is 4.74 Å². The molecule has 0 bridgehead atoms. The molecule has 1 atom stereocenters. The van der Waals surface area contributed by atoms with Crippen LogP contribution in [0.3, 0.4) is 0 Å². The van der Waals surface area contributed by atoms with Crippen LogP contribution in [0.4, 0.5) is 0 Å². The second-order valence-corrected chi connectivity index (χ2v) is 8.39. The van der Waals surface area contributed by atoms with E-state index in [1.807, 2.05) is 24.3 Å². The smallest absolute Gasteiger partial charge is 0.337 e. The fourth-order valence-corrected chi connectivity index (χ4v) is 3.36. The molecule has 1 aliphatic rings. The van der Waals surface area contributed by atoms with Crippen LogP contribution in [0.25, 0.3) is 0 Å². The molecule has 1 unspecified atom stereocenters. The summed E-state index contributed by atoms with van der Waals surface area (Å²) in [5.74, 6) is -0.855. The van der Waals surface area contributed by atoms with Gasteiger partial charge >= 0.3 is 5.97 Å². The van der Waals surface area contributed by atoms with Gasteiger partial charge in [-0.2, -0.15) is 0 Å². The minimum atomic E-state index is -1.08. The molecule has 1 aliphatic heterocycles. The van der Waals surface area contributed by atoms with Gasteiger partial charge in [0.25, 0.3) is 5.91 Å². The fraction of sp³-hybridized carbons (Fsp3) is 0.280. The number of carbonyl (C=O) groups is 2. The zero-order valence-electron chi connectivity index (χ0n) is 18.6. The third kappa shape index (κ3) is 5.36. The molecule has 2 aromatic rings. The average Bonchev–Trinajstić information content (AvgIpc) is 2.74. The van der Waals surface area contributed by atoms with Crippen molar-refractivity contribution in [2.75, 3.05) is 14.1 Å². The molecule has 0 aromatic heterocycles. The second-order valence-electron chi connectivity index (χ2n) is 8.39. The highest BCUT2D eigenvalue weighted by atomic mass is 16.5. The van der Waals surface area contributed by atoms with Gasteiger partial charge in [-0.25, -0.2) is 4.79 Å². The summed E-state index contributed by atoms with van der Waals surface area (Å²) in [5, 5.41) is 19.9. The number of benzene rings is 2. The third-order valence-electron chi connectivity index (χ3n) is 5.13. The number of allylic oxidation sites excluding steroid dienone is 2. The highest BCUT2D eigenvalue weighted by Gasteiger charge is 2.29. The number of carbonyl (C=O) groups excluding carboxylic acids is 1. The Morgan fingerprint density at radius 1 is 1.12 bits per heavy atom. The molecule has 32 heavy (non-hydrogen) atoms. The first-order valence-corrected chi connectivity index (χ1v) is 10.2. The SMILES string of the molecule is CN(C)C(=O)c1cccc(OC2C(C(=O)O)=CC=CN2Cc2ccc(C(C)(C)O)cc2)c1. The molecular formula is C25H28N2O5. The van der Waals surface area contributed by atoms with Crippen molar-refractivity contribution in [2.24, 2.45) is 0 Å². The van der Waals surface area contributed by atoms with Crippen LogP contribution in [0.15, 0.2) is 72.5 Å². The Labute approximate surface area is 187 Å². The van der Waals surface area contributed by atoms with Crippen molar-refractivity contribution in [3.8, 4) is 5.75 Å². The van der Waals surface area contributed by atoms with Crippen LogP contribution in [0.2, 0.25) is 0 Å². The van der Waals surface area contributed by atoms with Crippen LogP contribution in [0.1, 0.15) is 35.3 Å². The molecule has 2 N–H and O–H groups in total. The molecule has 7 heteroatoms. The molecule has 0 fully saturated rings. The van der Waals surface area contributed by atoms with Crippen molar-refractivity contribution in [1.82, 2.24) is 9.80 Å². The molecule has 168 valence electrons. The second kappa shape index (κ2) is 9.28. The van der Waals surface area contributed by atoms with Crippen molar-refractivity contribution >= 4 is 11.9 Å². The van der Waals surface area contributed by atoms with Gasteiger partial charge in [0.15, 0.2) is 0 Å². The highest BCUT2D eigenvalue weighted by molar-refractivity contribution is 5.94. The van der Waals surface area contributed by atoms with Crippen LogP contribution in [0.5, 0.6) is 5.75 Å². The quantitative estimate of drug-likeness (QED) is 0.692. The molecule has 0 saturated heterocycles. The summed E-state index contributed by atoms with van der Waals surface area (Å²) in [6, 6.07) is 14.2. The molecule has 0 aliphatic carbocycles. The molecule has 0 saturated carbocycles. The highest BCUT2D eigenvalue weighted by Crippen LogP contribution is 2.26. The molecule has 7 nitrogen and oxygen atoms in total. The van der Waals surface area contributed by atoms with Crippen molar-refractivity contribution in [3.05, 3.63) is 89.1 Å². The van der Waals surface area contributed by atoms with Gasteiger partial charge in [-0.15, -0.1) is 0 Å². The summed E-state index contributed by atoms with van der Waals surface area (Å²) >= 11 is 0. The minimum Gasteiger partial charge on any atom is -0.478 e. The molecule has 3 rings (SSSR count). The van der Waals surface area contributed by atoms with E-state index in [1.165, 1.54) is 11.0 Å². The Balaban J connectivity index is 1.86. The van der Waals surface area contributed by atoms with Gasteiger partial charge in [-0.3, -0.25) is 4.79 Å². The topological polar surface area (TPSA) is 90.3 Å². The Morgan fingerprint density at radius 3 is 2.41 bits per heavy atom. The van der Waals surface area contributed by atoms with E-state index in [0.717, 1.165) is 11.1 Å². The minimum absolute atomic E-state index is 0.0879. The van der Waals surface area contributed by atoms with Crippen molar-refractivity contribution in [2.45, 2.75) is 32.2 Å². The lowest BCUT2D eigenvalue weighted by Crippen LogP contribution is -2.40. The first-order chi connectivity index (χ1) is 15.1. The van der Waals surface area contributed by atoms with E-state index >= 15 is 0 Å². The summed E-state index contributed by atoms with van der Waals surface area (Å²) in [6.45, 7) is 3.84. The molecular weight excluding hydrogens is 408 g/mol. The van der Waals surface area contributed by atoms with E-state index in [9.17, 15) is 19.8 Å². The number of aliphatic carboxylic acids is 1. The van der Waals surface area contributed by atoms with Gasteiger partial charge in [0, 0.05) is 32.4 Å². The zero-order valence-corrected chi connectivity index (χ0v) is 18.6. The maximum Gasteiger partial charge on any atom is 0.337 e. The number of carboxylic acid groups (broad SMARTS) is 1. The molecule has 0 radical (unpaired) electrons. The number of hydrogen-bond acceptors (Lipinski definition) is 5. The van der Waals surface area contributed by atoms with E-state index < -0.39 is 17.8 Å². The lowest BCUT2D eigenvalue weighted by Gasteiger charge is -2.33. The molecule has 0 spiro atoms. The monoisotopic (exact) mass is 436 g/mol. The summed E-state index contributed by atoms with van der Waals surface area (Å²) < 4.78 is 6.08. The van der Waals surface area contributed by atoms with E-state index in [4.69, 9.17) is 4.74 Å². The number of nitrogens with zero attached hydrogens (tertiary/aromatic N) is 2. The zero-order chi connectivity index (χ0) is 23.5. The largest absolute Gasteiger partial charge is 0.478 e. The first-order valence-electron chi connectivity index (χ1n) is 10.2. The van der Waals surface area contributed by atoms with Crippen molar-refractivity contribution < 1.29 is 24.5 Å². The Kier molecular flexibility index (Phi) is 6.69. The summed E-state index contributed by atoms with van der Waals surface area (Å²) in [5.41, 5.74) is 1.32. The van der Waals surface area contributed by atoms with Crippen LogP contribution in [0, 0.1) is 0 Å². The van der Waals surface area contributed by atoms with Crippen LogP contribution in [-0.2, 0) is 16.9 Å². The summed E-state index contributed by atoms with van der Waals surface area (Å²) in [4.78, 5) is 27.4. The normalized spacial score (nSPS) is 15.8. The van der Waals surface area contributed by atoms with Gasteiger partial charge < -0.3 is 24.7 Å². The fourth-order valence-electron chi connectivity index (χ4n) is 3.36.